The monoisotopic (exact) mass is 220 g/mol. The zero-order chi connectivity index (χ0) is 10.8. The van der Waals surface area contributed by atoms with Crippen LogP contribution in [-0.4, -0.2) is 17.6 Å². The van der Waals surface area contributed by atoms with Crippen LogP contribution in [0, 0.1) is 5.92 Å². The van der Waals surface area contributed by atoms with E-state index in [-0.39, 0.29) is 10.5 Å². The summed E-state index contributed by atoms with van der Waals surface area (Å²) in [6, 6.07) is 0. The Morgan fingerprint density at radius 3 is 2.50 bits per heavy atom. The van der Waals surface area contributed by atoms with Crippen molar-refractivity contribution in [1.29, 1.82) is 0 Å². The van der Waals surface area contributed by atoms with Crippen molar-refractivity contribution in [1.82, 2.24) is 0 Å². The topological polar surface area (TPSA) is 18.5 Å². The quantitative estimate of drug-likeness (QED) is 0.412. The molecule has 0 radical (unpaired) electrons. The Kier molecular flexibility index (Phi) is 3.84. The average Bonchev–Trinajstić information content (AvgIpc) is 2.02. The highest BCUT2D eigenvalue weighted by molar-refractivity contribution is 6.23. The molecule has 0 aromatic carbocycles. The van der Waals surface area contributed by atoms with E-state index >= 15 is 0 Å². The summed E-state index contributed by atoms with van der Waals surface area (Å²) in [5.41, 5.74) is -0.224. The Morgan fingerprint density at radius 1 is 1.36 bits per heavy atom. The standard InChI is InChI=1S/C11H21ClO2/c1-10(2,12)9-7-5-6-8-11(9,3)14-13-4/h9H,5-8H2,1-4H3. The normalized spacial score (nSPS) is 34.5. The number of hydrogen-bond acceptors (Lipinski definition) is 2. The fourth-order valence-electron chi connectivity index (χ4n) is 2.66. The molecule has 0 aromatic heterocycles. The van der Waals surface area contributed by atoms with E-state index in [9.17, 15) is 0 Å². The van der Waals surface area contributed by atoms with Crippen LogP contribution in [0.15, 0.2) is 0 Å². The molecular weight excluding hydrogens is 200 g/mol. The highest BCUT2D eigenvalue weighted by Crippen LogP contribution is 2.45. The van der Waals surface area contributed by atoms with Crippen molar-refractivity contribution >= 4 is 11.6 Å². The third kappa shape index (κ3) is 2.62. The summed E-state index contributed by atoms with van der Waals surface area (Å²) in [4.78, 5) is 10.0. The maximum atomic E-state index is 6.40. The van der Waals surface area contributed by atoms with Crippen molar-refractivity contribution in [2.75, 3.05) is 7.11 Å². The Hall–Kier alpha value is 0.210. The lowest BCUT2D eigenvalue weighted by atomic mass is 9.71. The molecule has 1 aliphatic carbocycles. The second-order valence-electron chi connectivity index (χ2n) is 4.93. The van der Waals surface area contributed by atoms with E-state index in [0.717, 1.165) is 12.8 Å². The van der Waals surface area contributed by atoms with E-state index in [1.807, 2.05) is 0 Å². The molecule has 1 aliphatic rings. The first-order valence-corrected chi connectivity index (χ1v) is 5.69. The van der Waals surface area contributed by atoms with Crippen molar-refractivity contribution in [3.63, 3.8) is 0 Å². The van der Waals surface area contributed by atoms with Gasteiger partial charge in [-0.25, -0.2) is 9.78 Å². The summed E-state index contributed by atoms with van der Waals surface area (Å²) in [6.07, 6.45) is 4.59. The summed E-state index contributed by atoms with van der Waals surface area (Å²) in [5, 5.41) is 0. The summed E-state index contributed by atoms with van der Waals surface area (Å²) in [6.45, 7) is 6.22. The summed E-state index contributed by atoms with van der Waals surface area (Å²) in [5.74, 6) is 0.352. The van der Waals surface area contributed by atoms with Gasteiger partial charge in [0.2, 0.25) is 0 Å². The van der Waals surface area contributed by atoms with E-state index < -0.39 is 0 Å². The molecule has 0 amide bonds. The highest BCUT2D eigenvalue weighted by Gasteiger charge is 2.46. The van der Waals surface area contributed by atoms with Gasteiger partial charge in [0.25, 0.3) is 0 Å². The second-order valence-corrected chi connectivity index (χ2v) is 5.90. The minimum atomic E-state index is -0.228. The van der Waals surface area contributed by atoms with E-state index in [1.165, 1.54) is 12.8 Å². The molecule has 0 bridgehead atoms. The van der Waals surface area contributed by atoms with Gasteiger partial charge in [-0.05, 0) is 33.6 Å². The number of hydrogen-bond donors (Lipinski definition) is 0. The molecule has 2 atom stereocenters. The lowest BCUT2D eigenvalue weighted by Gasteiger charge is -2.45. The Balaban J connectivity index is 2.78. The number of alkyl halides is 1. The first-order chi connectivity index (χ1) is 6.40. The van der Waals surface area contributed by atoms with E-state index in [2.05, 4.69) is 20.8 Å². The van der Waals surface area contributed by atoms with Crippen LogP contribution >= 0.6 is 11.6 Å². The summed E-state index contributed by atoms with van der Waals surface area (Å²) < 4.78 is 0. The number of halogens is 1. The van der Waals surface area contributed by atoms with Gasteiger partial charge in [-0.3, -0.25) is 0 Å². The average molecular weight is 221 g/mol. The summed E-state index contributed by atoms with van der Waals surface area (Å²) in [7, 11) is 1.57. The van der Waals surface area contributed by atoms with Crippen LogP contribution in [-0.2, 0) is 9.78 Å². The Morgan fingerprint density at radius 2 is 2.00 bits per heavy atom. The lowest BCUT2D eigenvalue weighted by Crippen LogP contribution is -2.48. The zero-order valence-electron chi connectivity index (χ0n) is 9.60. The molecule has 2 nitrogen and oxygen atoms in total. The zero-order valence-corrected chi connectivity index (χ0v) is 10.4. The SMILES string of the molecule is COOC1(C)CCCCC1C(C)(C)Cl. The molecule has 14 heavy (non-hydrogen) atoms. The molecule has 1 saturated carbocycles. The van der Waals surface area contributed by atoms with Crippen molar-refractivity contribution in [2.24, 2.45) is 5.92 Å². The van der Waals surface area contributed by atoms with Gasteiger partial charge in [0.05, 0.1) is 7.11 Å². The van der Waals surface area contributed by atoms with Crippen LogP contribution in [0.1, 0.15) is 46.5 Å². The molecule has 0 aliphatic heterocycles. The molecule has 2 unspecified atom stereocenters. The lowest BCUT2D eigenvalue weighted by molar-refractivity contribution is -0.360. The molecule has 0 aromatic rings. The van der Waals surface area contributed by atoms with Crippen LogP contribution < -0.4 is 0 Å². The molecule has 0 N–H and O–H groups in total. The van der Waals surface area contributed by atoms with Crippen LogP contribution in [0.2, 0.25) is 0 Å². The predicted octanol–water partition coefficient (Wildman–Crippen LogP) is 3.53. The minimum absolute atomic E-state index is 0.224. The van der Waals surface area contributed by atoms with Crippen LogP contribution in [0.25, 0.3) is 0 Å². The van der Waals surface area contributed by atoms with E-state index in [4.69, 9.17) is 21.4 Å². The van der Waals surface area contributed by atoms with E-state index in [1.54, 1.807) is 7.11 Å². The Bertz CT molecular complexity index is 184. The van der Waals surface area contributed by atoms with Gasteiger partial charge in [-0.2, -0.15) is 0 Å². The molecule has 0 spiro atoms. The van der Waals surface area contributed by atoms with Gasteiger partial charge in [-0.15, -0.1) is 11.6 Å². The molecule has 1 rings (SSSR count). The van der Waals surface area contributed by atoms with Crippen molar-refractivity contribution < 1.29 is 9.78 Å². The highest BCUT2D eigenvalue weighted by atomic mass is 35.5. The van der Waals surface area contributed by atoms with Crippen LogP contribution in [0.5, 0.6) is 0 Å². The number of rotatable bonds is 3. The summed E-state index contributed by atoms with van der Waals surface area (Å²) >= 11 is 6.40. The predicted molar refractivity (Wildman–Crippen MR) is 58.4 cm³/mol. The Labute approximate surface area is 91.8 Å². The van der Waals surface area contributed by atoms with Gasteiger partial charge >= 0.3 is 0 Å². The van der Waals surface area contributed by atoms with Crippen LogP contribution in [0.4, 0.5) is 0 Å². The molecule has 3 heteroatoms. The van der Waals surface area contributed by atoms with Crippen molar-refractivity contribution in [2.45, 2.75) is 56.9 Å². The van der Waals surface area contributed by atoms with Crippen molar-refractivity contribution in [3.8, 4) is 0 Å². The van der Waals surface area contributed by atoms with E-state index in [0.29, 0.717) is 5.92 Å². The molecule has 0 saturated heterocycles. The fraction of sp³-hybridized carbons (Fsp3) is 1.00. The van der Waals surface area contributed by atoms with Gasteiger partial charge in [-0.1, -0.05) is 12.8 Å². The van der Waals surface area contributed by atoms with Gasteiger partial charge in [0, 0.05) is 10.8 Å². The third-order valence-electron chi connectivity index (χ3n) is 3.26. The minimum Gasteiger partial charge on any atom is -0.240 e. The smallest absolute Gasteiger partial charge is 0.105 e. The fourth-order valence-corrected chi connectivity index (χ4v) is 3.00. The van der Waals surface area contributed by atoms with Gasteiger partial charge in [0.1, 0.15) is 5.60 Å². The first-order valence-electron chi connectivity index (χ1n) is 5.31. The third-order valence-corrected chi connectivity index (χ3v) is 3.52. The van der Waals surface area contributed by atoms with Gasteiger partial charge in [0.15, 0.2) is 0 Å². The molecule has 84 valence electrons. The molecule has 0 heterocycles. The second kappa shape index (κ2) is 4.38. The van der Waals surface area contributed by atoms with Crippen LogP contribution in [0.3, 0.4) is 0 Å². The first kappa shape index (κ1) is 12.3. The molecule has 1 fully saturated rings. The largest absolute Gasteiger partial charge is 0.240 e. The van der Waals surface area contributed by atoms with Crippen molar-refractivity contribution in [3.05, 3.63) is 0 Å². The van der Waals surface area contributed by atoms with Gasteiger partial charge < -0.3 is 0 Å². The maximum absolute atomic E-state index is 6.40. The maximum Gasteiger partial charge on any atom is 0.105 e. The molecular formula is C11H21ClO2.